The summed E-state index contributed by atoms with van der Waals surface area (Å²) in [6.45, 7) is 1.90. The Balaban J connectivity index is 0.00000176. The Morgan fingerprint density at radius 3 is 2.41 bits per heavy atom. The molecule has 0 bridgehead atoms. The molecule has 118 valence electrons. The minimum Gasteiger partial charge on any atom is -0.317 e. The quantitative estimate of drug-likeness (QED) is 0.782. The van der Waals surface area contributed by atoms with E-state index in [9.17, 15) is 8.78 Å². The molecule has 1 nitrogen and oxygen atoms in total. The lowest BCUT2D eigenvalue weighted by atomic mass is 9.90. The maximum Gasteiger partial charge on any atom is 0.137 e. The molecule has 0 amide bonds. The zero-order chi connectivity index (χ0) is 14.7. The van der Waals surface area contributed by atoms with E-state index in [1.807, 2.05) is 6.07 Å². The molecular weight excluding hydrogens is 368 g/mol. The summed E-state index contributed by atoms with van der Waals surface area (Å²) >= 11 is 1.38. The Morgan fingerprint density at radius 1 is 0.955 bits per heavy atom. The molecule has 0 unspecified atom stereocenters. The Labute approximate surface area is 144 Å². The molecule has 0 aliphatic carbocycles. The highest BCUT2D eigenvalue weighted by atomic mass is 79.9. The van der Waals surface area contributed by atoms with Crippen LogP contribution in [0.3, 0.4) is 0 Å². The minimum atomic E-state index is -0.233. The van der Waals surface area contributed by atoms with Crippen molar-refractivity contribution in [3.63, 3.8) is 0 Å². The maximum absolute atomic E-state index is 13.8. The number of halogens is 3. The van der Waals surface area contributed by atoms with E-state index >= 15 is 0 Å². The lowest BCUT2D eigenvalue weighted by Crippen LogP contribution is -2.26. The second-order valence-corrected chi connectivity index (χ2v) is 6.32. The van der Waals surface area contributed by atoms with Crippen LogP contribution in [0, 0.1) is 11.6 Å². The third kappa shape index (κ3) is 4.09. The van der Waals surface area contributed by atoms with E-state index in [4.69, 9.17) is 0 Å². The van der Waals surface area contributed by atoms with Gasteiger partial charge in [-0.05, 0) is 67.7 Å². The monoisotopic (exact) mass is 385 g/mol. The number of hydrogen-bond donors (Lipinski definition) is 1. The van der Waals surface area contributed by atoms with Crippen LogP contribution in [-0.2, 0) is 0 Å². The summed E-state index contributed by atoms with van der Waals surface area (Å²) in [6.07, 6.45) is 1.99. The Hall–Kier alpha value is -0.910. The average Bonchev–Trinajstić information content (AvgIpc) is 2.52. The number of rotatable bonds is 3. The largest absolute Gasteiger partial charge is 0.317 e. The predicted molar refractivity (Wildman–Crippen MR) is 92.1 cm³/mol. The summed E-state index contributed by atoms with van der Waals surface area (Å²) in [5, 5.41) is 3.32. The zero-order valence-corrected chi connectivity index (χ0v) is 14.5. The summed E-state index contributed by atoms with van der Waals surface area (Å²) in [7, 11) is 0. The Bertz CT molecular complexity index is 630. The first-order valence-electron chi connectivity index (χ1n) is 7.16. The molecule has 22 heavy (non-hydrogen) atoms. The number of piperidine rings is 1. The van der Waals surface area contributed by atoms with E-state index < -0.39 is 0 Å². The van der Waals surface area contributed by atoms with Gasteiger partial charge >= 0.3 is 0 Å². The third-order valence-corrected chi connectivity index (χ3v) is 4.95. The van der Waals surface area contributed by atoms with E-state index in [1.165, 1.54) is 23.9 Å². The average molecular weight is 386 g/mol. The SMILES string of the molecule is Br.Fc1ccc(Sc2ccccc2F)c(C2CCNCC2)c1. The smallest absolute Gasteiger partial charge is 0.137 e. The molecule has 0 saturated carbocycles. The van der Waals surface area contributed by atoms with Crippen LogP contribution < -0.4 is 5.32 Å². The van der Waals surface area contributed by atoms with E-state index in [1.54, 1.807) is 24.3 Å². The predicted octanol–water partition coefficient (Wildman–Crippen LogP) is 5.16. The van der Waals surface area contributed by atoms with Gasteiger partial charge in [-0.1, -0.05) is 23.9 Å². The second kappa shape index (κ2) is 8.09. The maximum atomic E-state index is 13.8. The van der Waals surface area contributed by atoms with E-state index in [0.717, 1.165) is 36.4 Å². The summed E-state index contributed by atoms with van der Waals surface area (Å²) in [5.41, 5.74) is 1.00. The van der Waals surface area contributed by atoms with Gasteiger partial charge < -0.3 is 5.32 Å². The van der Waals surface area contributed by atoms with E-state index in [-0.39, 0.29) is 28.6 Å². The Kier molecular flexibility index (Phi) is 6.41. The van der Waals surface area contributed by atoms with Crippen LogP contribution in [0.4, 0.5) is 8.78 Å². The van der Waals surface area contributed by atoms with Crippen molar-refractivity contribution in [1.29, 1.82) is 0 Å². The second-order valence-electron chi connectivity index (χ2n) is 5.24. The van der Waals surface area contributed by atoms with Crippen molar-refractivity contribution in [3.05, 3.63) is 59.7 Å². The molecule has 0 aromatic heterocycles. The number of hydrogen-bond acceptors (Lipinski definition) is 2. The van der Waals surface area contributed by atoms with Gasteiger partial charge in [0.25, 0.3) is 0 Å². The third-order valence-electron chi connectivity index (χ3n) is 3.81. The van der Waals surface area contributed by atoms with Crippen molar-refractivity contribution in [3.8, 4) is 0 Å². The van der Waals surface area contributed by atoms with Gasteiger partial charge in [-0.15, -0.1) is 17.0 Å². The van der Waals surface area contributed by atoms with Crippen molar-refractivity contribution in [2.45, 2.75) is 28.6 Å². The first-order valence-corrected chi connectivity index (χ1v) is 7.98. The van der Waals surface area contributed by atoms with Gasteiger partial charge in [0.15, 0.2) is 0 Å². The van der Waals surface area contributed by atoms with Crippen LogP contribution in [0.5, 0.6) is 0 Å². The highest BCUT2D eigenvalue weighted by molar-refractivity contribution is 8.93. The molecule has 0 atom stereocenters. The van der Waals surface area contributed by atoms with Gasteiger partial charge in [0.1, 0.15) is 11.6 Å². The molecule has 2 aromatic carbocycles. The number of nitrogens with one attached hydrogen (secondary N) is 1. The molecule has 1 fully saturated rings. The number of benzene rings is 2. The van der Waals surface area contributed by atoms with Crippen LogP contribution in [0.2, 0.25) is 0 Å². The van der Waals surface area contributed by atoms with Crippen molar-refractivity contribution in [2.24, 2.45) is 0 Å². The summed E-state index contributed by atoms with van der Waals surface area (Å²) < 4.78 is 27.4. The summed E-state index contributed by atoms with van der Waals surface area (Å²) in [4.78, 5) is 1.53. The van der Waals surface area contributed by atoms with Gasteiger partial charge in [0, 0.05) is 9.79 Å². The zero-order valence-electron chi connectivity index (χ0n) is 12.0. The van der Waals surface area contributed by atoms with Crippen molar-refractivity contribution in [2.75, 3.05) is 13.1 Å². The fourth-order valence-corrected chi connectivity index (χ4v) is 3.74. The van der Waals surface area contributed by atoms with Gasteiger partial charge in [-0.2, -0.15) is 0 Å². The fourth-order valence-electron chi connectivity index (χ4n) is 2.71. The van der Waals surface area contributed by atoms with Crippen molar-refractivity contribution < 1.29 is 8.78 Å². The minimum absolute atomic E-state index is 0. The van der Waals surface area contributed by atoms with Gasteiger partial charge in [0.2, 0.25) is 0 Å². The topological polar surface area (TPSA) is 12.0 Å². The molecule has 2 aromatic rings. The highest BCUT2D eigenvalue weighted by Gasteiger charge is 2.20. The molecule has 0 radical (unpaired) electrons. The lowest BCUT2D eigenvalue weighted by molar-refractivity contribution is 0.454. The molecule has 1 heterocycles. The van der Waals surface area contributed by atoms with Gasteiger partial charge in [0.05, 0.1) is 0 Å². The van der Waals surface area contributed by atoms with E-state index in [2.05, 4.69) is 5.32 Å². The molecule has 5 heteroatoms. The fraction of sp³-hybridized carbons (Fsp3) is 0.294. The standard InChI is InChI=1S/C17H17F2NS.BrH/c18-13-5-6-16(21-17-4-2-1-3-15(17)19)14(11-13)12-7-9-20-10-8-12;/h1-6,11-12,20H,7-10H2;1H. The summed E-state index contributed by atoms with van der Waals surface area (Å²) in [6, 6.07) is 11.5. The molecule has 1 N–H and O–H groups in total. The molecular formula is C17H18BrF2NS. The van der Waals surface area contributed by atoms with Crippen molar-refractivity contribution >= 4 is 28.7 Å². The lowest BCUT2D eigenvalue weighted by Gasteiger charge is -2.25. The van der Waals surface area contributed by atoms with Crippen molar-refractivity contribution in [1.82, 2.24) is 5.32 Å². The molecule has 0 spiro atoms. The van der Waals surface area contributed by atoms with E-state index in [0.29, 0.717) is 10.8 Å². The molecule has 1 saturated heterocycles. The van der Waals surface area contributed by atoms with Crippen LogP contribution in [0.1, 0.15) is 24.3 Å². The van der Waals surface area contributed by atoms with Crippen LogP contribution in [0.25, 0.3) is 0 Å². The normalized spacial score (nSPS) is 15.4. The van der Waals surface area contributed by atoms with Crippen LogP contribution in [0.15, 0.2) is 52.3 Å². The van der Waals surface area contributed by atoms with Crippen LogP contribution in [-0.4, -0.2) is 13.1 Å². The van der Waals surface area contributed by atoms with Gasteiger partial charge in [-0.25, -0.2) is 8.78 Å². The highest BCUT2D eigenvalue weighted by Crippen LogP contribution is 2.38. The Morgan fingerprint density at radius 2 is 1.68 bits per heavy atom. The summed E-state index contributed by atoms with van der Waals surface area (Å²) in [5.74, 6) is -0.110. The molecule has 1 aliphatic heterocycles. The van der Waals surface area contributed by atoms with Crippen LogP contribution >= 0.6 is 28.7 Å². The first-order chi connectivity index (χ1) is 10.2. The first kappa shape index (κ1) is 17.4. The molecule has 1 aliphatic rings. The molecule has 3 rings (SSSR count). The van der Waals surface area contributed by atoms with Gasteiger partial charge in [-0.3, -0.25) is 0 Å².